The summed E-state index contributed by atoms with van der Waals surface area (Å²) in [6, 6.07) is 17.3. The number of thiazole rings is 1. The second kappa shape index (κ2) is 14.2. The summed E-state index contributed by atoms with van der Waals surface area (Å²) < 4.78 is 69.8. The van der Waals surface area contributed by atoms with E-state index in [9.17, 15) is 31.2 Å². The summed E-state index contributed by atoms with van der Waals surface area (Å²) in [6.07, 6.45) is -4.62. The molecule has 5 rings (SSSR count). The third kappa shape index (κ3) is 7.81. The molecule has 0 aliphatic carbocycles. The van der Waals surface area contributed by atoms with Crippen molar-refractivity contribution in [3.8, 4) is 5.69 Å². The van der Waals surface area contributed by atoms with Crippen LogP contribution in [0, 0.1) is 0 Å². The Morgan fingerprint density at radius 3 is 2.38 bits per heavy atom. The van der Waals surface area contributed by atoms with E-state index in [0.29, 0.717) is 18.2 Å². The van der Waals surface area contributed by atoms with Crippen LogP contribution >= 0.6 is 23.1 Å². The number of sulfonamides is 1. The fraction of sp³-hybridized carbons (Fsp3) is 0.233. The maximum Gasteiger partial charge on any atom is 0.416 e. The van der Waals surface area contributed by atoms with Crippen LogP contribution in [-0.4, -0.2) is 63.1 Å². The Kier molecular flexibility index (Phi) is 10.3. The average molecular weight is 704 g/mol. The van der Waals surface area contributed by atoms with Crippen LogP contribution in [0.3, 0.4) is 0 Å². The number of halogens is 3. The molecule has 0 saturated carbocycles. The van der Waals surface area contributed by atoms with Crippen LogP contribution in [-0.2, 0) is 27.5 Å². The predicted octanol–water partition coefficient (Wildman–Crippen LogP) is 5.59. The molecule has 47 heavy (non-hydrogen) atoms. The number of carbonyl (C=O) groups excluding carboxylic acids is 2. The van der Waals surface area contributed by atoms with Gasteiger partial charge in [0.15, 0.2) is 16.1 Å². The zero-order valence-electron chi connectivity index (χ0n) is 25.0. The number of para-hydroxylation sites is 1. The summed E-state index contributed by atoms with van der Waals surface area (Å²) in [5.74, 6) is -1.02. The molecule has 0 unspecified atom stereocenters. The molecule has 0 bridgehead atoms. The van der Waals surface area contributed by atoms with Gasteiger partial charge in [0.05, 0.1) is 38.7 Å². The first-order chi connectivity index (χ1) is 22.4. The molecule has 246 valence electrons. The van der Waals surface area contributed by atoms with Gasteiger partial charge in [-0.1, -0.05) is 55.1 Å². The third-order valence-electron chi connectivity index (χ3n) is 6.87. The normalized spacial score (nSPS) is 12.0. The van der Waals surface area contributed by atoms with Crippen LogP contribution in [0.5, 0.6) is 0 Å². The van der Waals surface area contributed by atoms with E-state index in [1.807, 2.05) is 24.3 Å². The Morgan fingerprint density at radius 1 is 0.979 bits per heavy atom. The van der Waals surface area contributed by atoms with Gasteiger partial charge < -0.3 is 10.6 Å². The minimum atomic E-state index is -4.62. The fourth-order valence-electron chi connectivity index (χ4n) is 4.55. The highest BCUT2D eigenvalue weighted by Gasteiger charge is 2.31. The zero-order valence-corrected chi connectivity index (χ0v) is 27.4. The highest BCUT2D eigenvalue weighted by atomic mass is 32.2. The first kappa shape index (κ1) is 34.0. The van der Waals surface area contributed by atoms with Crippen molar-refractivity contribution in [3.63, 3.8) is 0 Å². The fourth-order valence-corrected chi connectivity index (χ4v) is 7.66. The lowest BCUT2D eigenvalue weighted by Crippen LogP contribution is -2.30. The lowest BCUT2D eigenvalue weighted by molar-refractivity contribution is -0.137. The standard InChI is InChI=1S/C30H28F3N7O4S3/c1-3-39(4-2)47(43,44)22-14-12-19(13-15-22)27(42)34-17-25-37-38-29(40(25)21-9-7-8-20(16-21)30(31,32)33)45-18-26(41)36-28-35-23-10-5-6-11-24(23)46-28/h5-16H,3-4,17-18H2,1-2H3,(H,34,42)(H,35,36,41). The summed E-state index contributed by atoms with van der Waals surface area (Å²) in [5, 5.41) is 14.1. The number of nitrogens with one attached hydrogen (secondary N) is 2. The maximum atomic E-state index is 13.6. The number of hydrogen-bond donors (Lipinski definition) is 2. The summed E-state index contributed by atoms with van der Waals surface area (Å²) in [6.45, 7) is 3.80. The number of benzene rings is 3. The predicted molar refractivity (Wildman–Crippen MR) is 173 cm³/mol. The molecule has 0 fully saturated rings. The largest absolute Gasteiger partial charge is 0.416 e. The molecule has 2 amide bonds. The van der Waals surface area contributed by atoms with Crippen molar-refractivity contribution < 1.29 is 31.2 Å². The lowest BCUT2D eigenvalue weighted by Gasteiger charge is -2.18. The van der Waals surface area contributed by atoms with Gasteiger partial charge in [-0.2, -0.15) is 17.5 Å². The van der Waals surface area contributed by atoms with E-state index in [2.05, 4.69) is 25.8 Å². The number of fused-ring (bicyclic) bond motifs is 1. The molecule has 0 radical (unpaired) electrons. The van der Waals surface area contributed by atoms with Crippen LogP contribution in [0.25, 0.3) is 15.9 Å². The molecule has 5 aromatic rings. The lowest BCUT2D eigenvalue weighted by atomic mass is 10.2. The highest BCUT2D eigenvalue weighted by molar-refractivity contribution is 7.99. The molecular weight excluding hydrogens is 676 g/mol. The molecule has 2 heterocycles. The summed E-state index contributed by atoms with van der Waals surface area (Å²) in [5.41, 5.74) is 0.0730. The Hall–Kier alpha value is -4.32. The molecule has 0 aliphatic rings. The quantitative estimate of drug-likeness (QED) is 0.161. The summed E-state index contributed by atoms with van der Waals surface area (Å²) in [7, 11) is -3.72. The van der Waals surface area contributed by atoms with Gasteiger partial charge in [0.2, 0.25) is 15.9 Å². The van der Waals surface area contributed by atoms with Gasteiger partial charge in [-0.25, -0.2) is 13.4 Å². The molecule has 11 nitrogen and oxygen atoms in total. The molecular formula is C30H28F3N7O4S3. The Morgan fingerprint density at radius 2 is 1.70 bits per heavy atom. The number of aromatic nitrogens is 4. The van der Waals surface area contributed by atoms with Gasteiger partial charge in [0.1, 0.15) is 0 Å². The second-order valence-corrected chi connectivity index (χ2v) is 13.8. The van der Waals surface area contributed by atoms with Gasteiger partial charge in [0.25, 0.3) is 5.91 Å². The second-order valence-electron chi connectivity index (χ2n) is 9.90. The number of rotatable bonds is 12. The maximum absolute atomic E-state index is 13.6. The minimum Gasteiger partial charge on any atom is -0.345 e. The molecule has 2 N–H and O–H groups in total. The van der Waals surface area contributed by atoms with Gasteiger partial charge >= 0.3 is 6.18 Å². The van der Waals surface area contributed by atoms with E-state index in [0.717, 1.165) is 34.1 Å². The average Bonchev–Trinajstić information content (AvgIpc) is 3.66. The van der Waals surface area contributed by atoms with Crippen LogP contribution < -0.4 is 10.6 Å². The van der Waals surface area contributed by atoms with E-state index in [1.54, 1.807) is 13.8 Å². The van der Waals surface area contributed by atoms with Crippen molar-refractivity contribution in [1.82, 2.24) is 29.4 Å². The Balaban J connectivity index is 1.34. The first-order valence-electron chi connectivity index (χ1n) is 14.2. The number of amides is 2. The van der Waals surface area contributed by atoms with Gasteiger partial charge in [-0.3, -0.25) is 14.2 Å². The molecule has 0 aliphatic heterocycles. The molecule has 0 atom stereocenters. The van der Waals surface area contributed by atoms with Crippen molar-refractivity contribution >= 4 is 60.3 Å². The monoisotopic (exact) mass is 703 g/mol. The summed E-state index contributed by atoms with van der Waals surface area (Å²) >= 11 is 2.25. The van der Waals surface area contributed by atoms with Crippen LogP contribution in [0.1, 0.15) is 35.6 Å². The van der Waals surface area contributed by atoms with Crippen molar-refractivity contribution in [2.24, 2.45) is 0 Å². The van der Waals surface area contributed by atoms with Crippen molar-refractivity contribution in [2.45, 2.75) is 36.6 Å². The summed E-state index contributed by atoms with van der Waals surface area (Å²) in [4.78, 5) is 30.2. The van der Waals surface area contributed by atoms with Gasteiger partial charge in [-0.05, 0) is 54.6 Å². The van der Waals surface area contributed by atoms with Gasteiger partial charge in [-0.15, -0.1) is 10.2 Å². The van der Waals surface area contributed by atoms with E-state index >= 15 is 0 Å². The van der Waals surface area contributed by atoms with Gasteiger partial charge in [0, 0.05) is 18.7 Å². The van der Waals surface area contributed by atoms with Crippen LogP contribution in [0.2, 0.25) is 0 Å². The molecule has 0 saturated heterocycles. The van der Waals surface area contributed by atoms with E-state index in [-0.39, 0.29) is 39.4 Å². The van der Waals surface area contributed by atoms with E-state index in [4.69, 9.17) is 0 Å². The topological polar surface area (TPSA) is 139 Å². The first-order valence-corrected chi connectivity index (χ1v) is 17.4. The Bertz CT molecular complexity index is 1980. The third-order valence-corrected chi connectivity index (χ3v) is 10.8. The SMILES string of the molecule is CCN(CC)S(=O)(=O)c1ccc(C(=O)NCc2nnc(SCC(=O)Nc3nc4ccccc4s3)n2-c2cccc(C(F)(F)F)c2)cc1. The van der Waals surface area contributed by atoms with Crippen molar-refractivity contribution in [3.05, 3.63) is 89.7 Å². The van der Waals surface area contributed by atoms with Crippen LogP contribution in [0.15, 0.2) is 82.8 Å². The van der Waals surface area contributed by atoms with E-state index < -0.39 is 33.6 Å². The van der Waals surface area contributed by atoms with E-state index in [1.165, 1.54) is 56.6 Å². The molecule has 0 spiro atoms. The number of thioether (sulfide) groups is 1. The zero-order chi connectivity index (χ0) is 33.8. The van der Waals surface area contributed by atoms with Crippen LogP contribution in [0.4, 0.5) is 18.3 Å². The number of nitrogens with zero attached hydrogens (tertiary/aromatic N) is 5. The number of hydrogen-bond acceptors (Lipinski definition) is 9. The van der Waals surface area contributed by atoms with Crippen molar-refractivity contribution in [1.29, 1.82) is 0 Å². The Labute approximate surface area is 276 Å². The minimum absolute atomic E-state index is 0.0378. The highest BCUT2D eigenvalue weighted by Crippen LogP contribution is 2.32. The van der Waals surface area contributed by atoms with Crippen molar-refractivity contribution in [2.75, 3.05) is 24.2 Å². The smallest absolute Gasteiger partial charge is 0.345 e. The molecule has 17 heteroatoms. The molecule has 3 aromatic carbocycles. The number of anilines is 1. The number of alkyl halides is 3. The molecule has 2 aromatic heterocycles. The number of carbonyl (C=O) groups is 2.